The lowest BCUT2D eigenvalue weighted by atomic mass is 10.2. The first-order chi connectivity index (χ1) is 12.0. The van der Waals surface area contributed by atoms with Crippen molar-refractivity contribution in [2.45, 2.75) is 19.8 Å². The van der Waals surface area contributed by atoms with E-state index in [1.54, 1.807) is 6.07 Å². The van der Waals surface area contributed by atoms with E-state index in [2.05, 4.69) is 27.4 Å². The molecule has 0 spiro atoms. The Balaban J connectivity index is 1.96. The van der Waals surface area contributed by atoms with Crippen LogP contribution in [0.25, 0.3) is 0 Å². The Bertz CT molecular complexity index is 604. The number of likely N-dealkylation sites (N-methyl/N-ethyl adjacent to an activating group) is 1. The minimum atomic E-state index is -0.870. The molecule has 0 unspecified atom stereocenters. The molecule has 0 saturated carbocycles. The maximum absolute atomic E-state index is 12.1. The lowest BCUT2D eigenvalue weighted by Crippen LogP contribution is -2.46. The van der Waals surface area contributed by atoms with Crippen molar-refractivity contribution in [2.24, 2.45) is 0 Å². The predicted molar refractivity (Wildman–Crippen MR) is 99.7 cm³/mol. The van der Waals surface area contributed by atoms with Crippen LogP contribution in [0.15, 0.2) is 18.2 Å². The smallest absolute Gasteiger partial charge is 0.319 e. The molecule has 1 aromatic carbocycles. The van der Waals surface area contributed by atoms with E-state index in [9.17, 15) is 9.59 Å². The predicted octanol–water partition coefficient (Wildman–Crippen LogP) is 2.47. The highest BCUT2D eigenvalue weighted by atomic mass is 35.5. The van der Waals surface area contributed by atoms with Crippen molar-refractivity contribution < 1.29 is 14.7 Å². The minimum absolute atomic E-state index is 0.0321. The van der Waals surface area contributed by atoms with E-state index in [0.29, 0.717) is 23.7 Å². The third-order valence-electron chi connectivity index (χ3n) is 4.22. The van der Waals surface area contributed by atoms with Gasteiger partial charge in [-0.1, -0.05) is 18.5 Å². The van der Waals surface area contributed by atoms with Crippen molar-refractivity contribution in [3.63, 3.8) is 0 Å². The first-order valence-electron chi connectivity index (χ1n) is 8.53. The maximum atomic E-state index is 12.1. The van der Waals surface area contributed by atoms with Gasteiger partial charge in [0.2, 0.25) is 0 Å². The van der Waals surface area contributed by atoms with Crippen LogP contribution in [0, 0.1) is 0 Å². The first-order valence-corrected chi connectivity index (χ1v) is 8.91. The molecule has 8 heteroatoms. The van der Waals surface area contributed by atoms with Crippen LogP contribution in [0.5, 0.6) is 0 Å². The number of rotatable bonds is 7. The number of hydrogen-bond acceptors (Lipinski definition) is 4. The number of urea groups is 1. The molecule has 2 rings (SSSR count). The summed E-state index contributed by atoms with van der Waals surface area (Å²) in [7, 11) is 0. The fourth-order valence-corrected chi connectivity index (χ4v) is 2.97. The van der Waals surface area contributed by atoms with Crippen molar-refractivity contribution in [3.05, 3.63) is 23.2 Å². The second-order valence-corrected chi connectivity index (χ2v) is 6.40. The molecule has 0 aliphatic carbocycles. The highest BCUT2D eigenvalue weighted by molar-refractivity contribution is 6.31. The summed E-state index contributed by atoms with van der Waals surface area (Å²) in [6.07, 6.45) is 0.425. The summed E-state index contributed by atoms with van der Waals surface area (Å²) in [6.45, 7) is 7.26. The molecule has 1 heterocycles. The summed E-state index contributed by atoms with van der Waals surface area (Å²) in [5.74, 6) is -0.870. The van der Waals surface area contributed by atoms with Crippen molar-refractivity contribution in [3.8, 4) is 0 Å². The Kier molecular flexibility index (Phi) is 7.33. The zero-order valence-electron chi connectivity index (χ0n) is 14.4. The van der Waals surface area contributed by atoms with E-state index in [4.69, 9.17) is 16.7 Å². The molecule has 138 valence electrons. The fourth-order valence-electron chi connectivity index (χ4n) is 2.80. The Labute approximate surface area is 152 Å². The van der Waals surface area contributed by atoms with Crippen molar-refractivity contribution in [1.29, 1.82) is 0 Å². The highest BCUT2D eigenvalue weighted by Crippen LogP contribution is 2.30. The maximum Gasteiger partial charge on any atom is 0.319 e. The molecule has 2 amide bonds. The number of aliphatic carboxylic acids is 1. The van der Waals surface area contributed by atoms with Gasteiger partial charge in [0.25, 0.3) is 0 Å². The number of carboxylic acids is 1. The molecule has 1 aliphatic rings. The number of nitrogens with one attached hydrogen (secondary N) is 2. The molecule has 1 saturated heterocycles. The van der Waals surface area contributed by atoms with Gasteiger partial charge < -0.3 is 25.5 Å². The van der Waals surface area contributed by atoms with Gasteiger partial charge in [-0.2, -0.15) is 0 Å². The number of carbonyl (C=O) groups is 2. The summed E-state index contributed by atoms with van der Waals surface area (Å²) in [6, 6.07) is 5.12. The monoisotopic (exact) mass is 368 g/mol. The Morgan fingerprint density at radius 1 is 1.24 bits per heavy atom. The van der Waals surface area contributed by atoms with Gasteiger partial charge >= 0.3 is 12.0 Å². The van der Waals surface area contributed by atoms with Crippen LogP contribution in [-0.4, -0.2) is 61.3 Å². The molecule has 3 N–H and O–H groups in total. The average Bonchev–Trinajstić information content (AvgIpc) is 2.59. The molecular weight excluding hydrogens is 344 g/mol. The van der Waals surface area contributed by atoms with Gasteiger partial charge in [0.1, 0.15) is 0 Å². The summed E-state index contributed by atoms with van der Waals surface area (Å²) < 4.78 is 0. The van der Waals surface area contributed by atoms with Gasteiger partial charge in [-0.25, -0.2) is 4.79 Å². The zero-order chi connectivity index (χ0) is 18.2. The van der Waals surface area contributed by atoms with E-state index in [1.807, 2.05) is 12.1 Å². The van der Waals surface area contributed by atoms with E-state index < -0.39 is 5.97 Å². The van der Waals surface area contributed by atoms with Gasteiger partial charge in [0.05, 0.1) is 11.4 Å². The number of benzene rings is 1. The summed E-state index contributed by atoms with van der Waals surface area (Å²) >= 11 is 6.08. The molecule has 0 aromatic heterocycles. The van der Waals surface area contributed by atoms with Crippen molar-refractivity contribution >= 4 is 35.0 Å². The number of carbonyl (C=O) groups excluding carboxylic acids is 1. The average molecular weight is 369 g/mol. The van der Waals surface area contributed by atoms with Crippen LogP contribution in [0.3, 0.4) is 0 Å². The molecular formula is C17H25ClN4O3. The highest BCUT2D eigenvalue weighted by Gasteiger charge is 2.19. The first kappa shape index (κ1) is 19.3. The molecule has 1 fully saturated rings. The van der Waals surface area contributed by atoms with Crippen molar-refractivity contribution in [1.82, 2.24) is 10.2 Å². The quantitative estimate of drug-likeness (QED) is 0.644. The van der Waals surface area contributed by atoms with Gasteiger partial charge in [-0.15, -0.1) is 0 Å². The topological polar surface area (TPSA) is 84.9 Å². The molecule has 1 aliphatic heterocycles. The number of hydrogen-bond donors (Lipinski definition) is 3. The Morgan fingerprint density at radius 3 is 2.60 bits per heavy atom. The molecule has 1 aromatic rings. The third kappa shape index (κ3) is 6.10. The summed E-state index contributed by atoms with van der Waals surface area (Å²) in [5.41, 5.74) is 1.61. The SMILES string of the molecule is CCN1CCN(c2ccc(Cl)cc2NC(=O)NCCCC(=O)O)CC1. The Hall–Kier alpha value is -1.99. The lowest BCUT2D eigenvalue weighted by molar-refractivity contribution is -0.137. The van der Waals surface area contributed by atoms with Gasteiger partial charge in [0, 0.05) is 44.2 Å². The van der Waals surface area contributed by atoms with Crippen LogP contribution in [0.4, 0.5) is 16.2 Å². The van der Waals surface area contributed by atoms with Crippen LogP contribution in [0.1, 0.15) is 19.8 Å². The second-order valence-electron chi connectivity index (χ2n) is 5.96. The fraction of sp³-hybridized carbons (Fsp3) is 0.529. The number of nitrogens with zero attached hydrogens (tertiary/aromatic N) is 2. The lowest BCUT2D eigenvalue weighted by Gasteiger charge is -2.36. The van der Waals surface area contributed by atoms with Gasteiger partial charge in [-0.3, -0.25) is 4.79 Å². The van der Waals surface area contributed by atoms with Gasteiger partial charge in [0.15, 0.2) is 0 Å². The zero-order valence-corrected chi connectivity index (χ0v) is 15.2. The molecule has 7 nitrogen and oxygen atoms in total. The van der Waals surface area contributed by atoms with Crippen LogP contribution in [-0.2, 0) is 4.79 Å². The summed E-state index contributed by atoms with van der Waals surface area (Å²) in [4.78, 5) is 27.2. The van der Waals surface area contributed by atoms with Crippen LogP contribution in [0.2, 0.25) is 5.02 Å². The Morgan fingerprint density at radius 2 is 1.96 bits per heavy atom. The number of anilines is 2. The second kappa shape index (κ2) is 9.48. The van der Waals surface area contributed by atoms with E-state index in [1.165, 1.54) is 0 Å². The molecule has 25 heavy (non-hydrogen) atoms. The normalized spacial score (nSPS) is 15.0. The molecule has 0 radical (unpaired) electrons. The number of halogens is 1. The number of amides is 2. The summed E-state index contributed by atoms with van der Waals surface area (Å²) in [5, 5.41) is 14.7. The standard InChI is InChI=1S/C17H25ClN4O3/c1-2-21-8-10-22(11-9-21)15-6-5-13(18)12-14(15)20-17(25)19-7-3-4-16(23)24/h5-6,12H,2-4,7-11H2,1H3,(H,23,24)(H2,19,20,25). The minimum Gasteiger partial charge on any atom is -0.481 e. The molecule has 0 bridgehead atoms. The van der Waals surface area contributed by atoms with E-state index >= 15 is 0 Å². The van der Waals surface area contributed by atoms with Crippen LogP contribution >= 0.6 is 11.6 Å². The largest absolute Gasteiger partial charge is 0.481 e. The number of piperazine rings is 1. The number of carboxylic acid groups (broad SMARTS) is 1. The van der Waals surface area contributed by atoms with E-state index in [0.717, 1.165) is 38.4 Å². The van der Waals surface area contributed by atoms with Crippen molar-refractivity contribution in [2.75, 3.05) is 49.5 Å². The van der Waals surface area contributed by atoms with Gasteiger partial charge in [-0.05, 0) is 31.2 Å². The third-order valence-corrected chi connectivity index (χ3v) is 4.46. The van der Waals surface area contributed by atoms with E-state index in [-0.39, 0.29) is 12.5 Å². The van der Waals surface area contributed by atoms with Crippen LogP contribution < -0.4 is 15.5 Å². The molecule has 0 atom stereocenters.